The molecule has 3 N–H and O–H groups in total. The molecule has 0 saturated carbocycles. The zero-order valence-corrected chi connectivity index (χ0v) is 14.3. The molecule has 0 saturated heterocycles. The number of primary amides is 1. The molecular formula is C17H13ClFN5O2. The van der Waals surface area contributed by atoms with Gasteiger partial charge in [0.25, 0.3) is 5.91 Å². The largest absolute Gasteiger partial charge is 0.366 e. The van der Waals surface area contributed by atoms with Gasteiger partial charge in [-0.2, -0.15) is 0 Å². The standard InChI is InChI=1S/C17H13ClFN5O2/c1-9-15(22-23-24(9)14-5-3-2-4-11(14)18)17(26)21-13-7-6-10(16(20)25)8-12(13)19/h2-8H,1H3,(H2,20,25)(H,21,26). The molecule has 0 fully saturated rings. The minimum atomic E-state index is -0.786. The van der Waals surface area contributed by atoms with Crippen molar-refractivity contribution in [1.29, 1.82) is 0 Å². The van der Waals surface area contributed by atoms with E-state index in [1.54, 1.807) is 31.2 Å². The fourth-order valence-corrected chi connectivity index (χ4v) is 2.56. The molecule has 0 aliphatic heterocycles. The predicted molar refractivity (Wildman–Crippen MR) is 94.0 cm³/mol. The number of amides is 2. The maximum absolute atomic E-state index is 14.0. The van der Waals surface area contributed by atoms with Crippen LogP contribution in [-0.2, 0) is 0 Å². The van der Waals surface area contributed by atoms with Crippen molar-refractivity contribution in [3.8, 4) is 5.69 Å². The zero-order chi connectivity index (χ0) is 18.8. The molecule has 0 atom stereocenters. The van der Waals surface area contributed by atoms with Crippen LogP contribution in [0.1, 0.15) is 26.5 Å². The van der Waals surface area contributed by atoms with Crippen molar-refractivity contribution in [3.05, 3.63) is 70.3 Å². The van der Waals surface area contributed by atoms with Crippen molar-refractivity contribution in [3.63, 3.8) is 0 Å². The second-order valence-corrected chi connectivity index (χ2v) is 5.81. The van der Waals surface area contributed by atoms with E-state index in [0.29, 0.717) is 16.4 Å². The van der Waals surface area contributed by atoms with E-state index >= 15 is 0 Å². The first-order valence-corrected chi connectivity index (χ1v) is 7.84. The van der Waals surface area contributed by atoms with Crippen LogP contribution in [0.5, 0.6) is 0 Å². The van der Waals surface area contributed by atoms with Crippen molar-refractivity contribution in [1.82, 2.24) is 15.0 Å². The minimum absolute atomic E-state index is 0.00124. The van der Waals surface area contributed by atoms with Crippen molar-refractivity contribution in [2.75, 3.05) is 5.32 Å². The lowest BCUT2D eigenvalue weighted by molar-refractivity contribution is 0.0997. The van der Waals surface area contributed by atoms with E-state index in [-0.39, 0.29) is 16.9 Å². The summed E-state index contributed by atoms with van der Waals surface area (Å²) in [6, 6.07) is 10.5. The number of carbonyl (C=O) groups is 2. The van der Waals surface area contributed by atoms with E-state index in [9.17, 15) is 14.0 Å². The minimum Gasteiger partial charge on any atom is -0.366 e. The highest BCUT2D eigenvalue weighted by Gasteiger charge is 2.20. The first kappa shape index (κ1) is 17.6. The van der Waals surface area contributed by atoms with E-state index in [2.05, 4.69) is 15.6 Å². The number of hydrogen-bond donors (Lipinski definition) is 2. The Morgan fingerprint density at radius 1 is 1.23 bits per heavy atom. The molecule has 9 heteroatoms. The van der Waals surface area contributed by atoms with E-state index in [4.69, 9.17) is 17.3 Å². The Labute approximate surface area is 152 Å². The van der Waals surface area contributed by atoms with E-state index in [0.717, 1.165) is 6.07 Å². The molecule has 1 heterocycles. The average Bonchev–Trinajstić information content (AvgIpc) is 2.98. The third-order valence-corrected chi connectivity index (χ3v) is 4.01. The quantitative estimate of drug-likeness (QED) is 0.733. The van der Waals surface area contributed by atoms with Crippen LogP contribution < -0.4 is 11.1 Å². The molecule has 3 rings (SSSR count). The van der Waals surface area contributed by atoms with Crippen LogP contribution in [0.3, 0.4) is 0 Å². The van der Waals surface area contributed by atoms with Crippen LogP contribution in [0.25, 0.3) is 5.69 Å². The Hall–Kier alpha value is -3.26. The lowest BCUT2D eigenvalue weighted by Gasteiger charge is -2.07. The SMILES string of the molecule is Cc1c(C(=O)Nc2ccc(C(N)=O)cc2F)nnn1-c1ccccc1Cl. The van der Waals surface area contributed by atoms with Gasteiger partial charge in [-0.05, 0) is 37.3 Å². The molecule has 0 bridgehead atoms. The molecule has 132 valence electrons. The number of nitrogens with zero attached hydrogens (tertiary/aromatic N) is 3. The van der Waals surface area contributed by atoms with Gasteiger partial charge in [0, 0.05) is 5.56 Å². The smallest absolute Gasteiger partial charge is 0.278 e. The van der Waals surface area contributed by atoms with E-state index < -0.39 is 17.6 Å². The highest BCUT2D eigenvalue weighted by atomic mass is 35.5. The van der Waals surface area contributed by atoms with Gasteiger partial charge in [-0.1, -0.05) is 28.9 Å². The zero-order valence-electron chi connectivity index (χ0n) is 13.5. The van der Waals surface area contributed by atoms with Crippen LogP contribution in [0.4, 0.5) is 10.1 Å². The number of para-hydroxylation sites is 1. The maximum Gasteiger partial charge on any atom is 0.278 e. The third kappa shape index (κ3) is 3.27. The number of benzene rings is 2. The molecule has 3 aromatic rings. The van der Waals surface area contributed by atoms with Gasteiger partial charge in [-0.25, -0.2) is 9.07 Å². The summed E-state index contributed by atoms with van der Waals surface area (Å²) in [6.45, 7) is 1.64. The predicted octanol–water partition coefficient (Wildman–Crippen LogP) is 2.72. The van der Waals surface area contributed by atoms with Gasteiger partial charge in [0.2, 0.25) is 5.91 Å². The molecule has 26 heavy (non-hydrogen) atoms. The van der Waals surface area contributed by atoms with Crippen molar-refractivity contribution in [2.45, 2.75) is 6.92 Å². The summed E-state index contributed by atoms with van der Waals surface area (Å²) in [6.07, 6.45) is 0. The summed E-state index contributed by atoms with van der Waals surface area (Å²) in [5, 5.41) is 10.6. The Morgan fingerprint density at radius 3 is 2.62 bits per heavy atom. The second-order valence-electron chi connectivity index (χ2n) is 5.40. The highest BCUT2D eigenvalue weighted by Crippen LogP contribution is 2.22. The average molecular weight is 374 g/mol. The molecule has 0 aliphatic rings. The number of nitrogens with two attached hydrogens (primary N) is 1. The summed E-state index contributed by atoms with van der Waals surface area (Å²) in [5.74, 6) is -2.20. The summed E-state index contributed by atoms with van der Waals surface area (Å²) in [5.41, 5.74) is 6.00. The van der Waals surface area contributed by atoms with E-state index in [1.165, 1.54) is 16.8 Å². The Kier molecular flexibility index (Phi) is 4.68. The van der Waals surface area contributed by atoms with Gasteiger partial charge in [0.1, 0.15) is 5.82 Å². The van der Waals surface area contributed by atoms with Crippen LogP contribution in [-0.4, -0.2) is 26.8 Å². The normalized spacial score (nSPS) is 10.6. The topological polar surface area (TPSA) is 103 Å². The van der Waals surface area contributed by atoms with Crippen molar-refractivity contribution >= 4 is 29.1 Å². The fourth-order valence-electron chi connectivity index (χ4n) is 2.34. The highest BCUT2D eigenvalue weighted by molar-refractivity contribution is 6.32. The molecule has 2 amide bonds. The number of carbonyl (C=O) groups excluding carboxylic acids is 2. The number of anilines is 1. The van der Waals surface area contributed by atoms with Crippen LogP contribution >= 0.6 is 11.6 Å². The number of hydrogen-bond acceptors (Lipinski definition) is 4. The van der Waals surface area contributed by atoms with Gasteiger partial charge in [0.15, 0.2) is 5.69 Å². The monoisotopic (exact) mass is 373 g/mol. The Balaban J connectivity index is 1.88. The number of aromatic nitrogens is 3. The third-order valence-electron chi connectivity index (χ3n) is 3.69. The number of rotatable bonds is 4. The summed E-state index contributed by atoms with van der Waals surface area (Å²) >= 11 is 6.13. The Bertz CT molecular complexity index is 1020. The van der Waals surface area contributed by atoms with Gasteiger partial charge < -0.3 is 11.1 Å². The summed E-state index contributed by atoms with van der Waals surface area (Å²) < 4.78 is 15.4. The summed E-state index contributed by atoms with van der Waals surface area (Å²) in [4.78, 5) is 23.5. The van der Waals surface area contributed by atoms with Crippen molar-refractivity contribution in [2.24, 2.45) is 5.73 Å². The van der Waals surface area contributed by atoms with Crippen LogP contribution in [0, 0.1) is 12.7 Å². The van der Waals surface area contributed by atoms with Gasteiger partial charge >= 0.3 is 0 Å². The lowest BCUT2D eigenvalue weighted by Crippen LogP contribution is -2.16. The first-order chi connectivity index (χ1) is 12.4. The molecule has 7 nitrogen and oxygen atoms in total. The first-order valence-electron chi connectivity index (χ1n) is 7.46. The fraction of sp³-hybridized carbons (Fsp3) is 0.0588. The second kappa shape index (κ2) is 6.93. The molecule has 0 radical (unpaired) electrons. The molecule has 0 unspecified atom stereocenters. The molecule has 1 aromatic heterocycles. The van der Waals surface area contributed by atoms with Gasteiger partial charge in [0.05, 0.1) is 22.1 Å². The summed E-state index contributed by atoms with van der Waals surface area (Å²) in [7, 11) is 0. The number of nitrogens with one attached hydrogen (secondary N) is 1. The van der Waals surface area contributed by atoms with Gasteiger partial charge in [-0.3, -0.25) is 9.59 Å². The molecule has 0 spiro atoms. The van der Waals surface area contributed by atoms with E-state index in [1.807, 2.05) is 0 Å². The van der Waals surface area contributed by atoms with Crippen LogP contribution in [0.15, 0.2) is 42.5 Å². The number of halogens is 2. The molecule has 0 aliphatic carbocycles. The molecule has 2 aromatic carbocycles. The maximum atomic E-state index is 14.0. The lowest BCUT2D eigenvalue weighted by atomic mass is 10.2. The molecular weight excluding hydrogens is 361 g/mol. The van der Waals surface area contributed by atoms with Crippen molar-refractivity contribution < 1.29 is 14.0 Å². The van der Waals surface area contributed by atoms with Gasteiger partial charge in [-0.15, -0.1) is 5.10 Å². The Morgan fingerprint density at radius 2 is 1.96 bits per heavy atom. The van der Waals surface area contributed by atoms with Crippen LogP contribution in [0.2, 0.25) is 5.02 Å².